The Morgan fingerprint density at radius 3 is 1.23 bits per heavy atom. The van der Waals surface area contributed by atoms with Crippen molar-refractivity contribution >= 4 is 9.30 Å². The van der Waals surface area contributed by atoms with Crippen LogP contribution in [0.2, 0.25) is 0 Å². The molecule has 2 heteroatoms. The summed E-state index contributed by atoms with van der Waals surface area (Å²) in [5.41, 5.74) is 0.439. The first-order valence-corrected chi connectivity index (χ1v) is 11.3. The normalized spacial score (nSPS) is 35.5. The molecule has 2 aliphatic rings. The molecule has 2 aliphatic carbocycles. The zero-order chi connectivity index (χ0) is 17.5. The molecular formula is C20H39ClTi+2. The fourth-order valence-corrected chi connectivity index (χ4v) is 4.23. The third-order valence-electron chi connectivity index (χ3n) is 6.28. The fraction of sp³-hybridized carbons (Fsp3) is 0.950. The van der Waals surface area contributed by atoms with Gasteiger partial charge in [-0.25, -0.2) is 0 Å². The molecule has 0 aromatic rings. The molecule has 0 aromatic carbocycles. The van der Waals surface area contributed by atoms with Crippen LogP contribution in [0.15, 0.2) is 0 Å². The Labute approximate surface area is 156 Å². The first-order chi connectivity index (χ1) is 10.1. The van der Waals surface area contributed by atoms with Gasteiger partial charge in [-0.1, -0.05) is 81.1 Å². The average Bonchev–Trinajstić information content (AvgIpc) is 3.01. The van der Waals surface area contributed by atoms with Crippen molar-refractivity contribution in [1.29, 1.82) is 0 Å². The average molecular weight is 363 g/mol. The SMILES string of the molecule is CC(C)(C)[CH-]C1CCCC1.CC1C(C)C(C)C(C)C1C.[Cl][Ti+3]. The Morgan fingerprint density at radius 2 is 1.00 bits per heavy atom. The standard InChI is InChI=1S/C10H20.C10H19.ClH.Ti/c1-6-7(2)9(4)10(5)8(6)3;1-10(2,3)8-9-6-4-5-7-9;;/h6-10H,1-5H3;8-9H,4-7H2,1-3H3;1H;/q;-1;;+4/p-1. The molecule has 0 atom stereocenters. The van der Waals surface area contributed by atoms with E-state index in [2.05, 4.69) is 71.1 Å². The first-order valence-electron chi connectivity index (χ1n) is 9.18. The summed E-state index contributed by atoms with van der Waals surface area (Å²) in [5.74, 6) is 5.61. The maximum absolute atomic E-state index is 4.64. The summed E-state index contributed by atoms with van der Waals surface area (Å²) in [6.07, 6.45) is 8.32. The summed E-state index contributed by atoms with van der Waals surface area (Å²) >= 11 is 1.47. The van der Waals surface area contributed by atoms with Crippen LogP contribution >= 0.6 is 9.30 Å². The van der Waals surface area contributed by atoms with Gasteiger partial charge in [-0.3, -0.25) is 0 Å². The van der Waals surface area contributed by atoms with Crippen LogP contribution in [0.1, 0.15) is 81.1 Å². The van der Waals surface area contributed by atoms with E-state index < -0.39 is 0 Å². The Morgan fingerprint density at radius 1 is 0.727 bits per heavy atom. The van der Waals surface area contributed by atoms with Gasteiger partial charge in [0, 0.05) is 0 Å². The molecule has 0 aromatic heterocycles. The maximum atomic E-state index is 4.64. The van der Waals surface area contributed by atoms with E-state index in [4.69, 9.17) is 0 Å². The second-order valence-corrected chi connectivity index (χ2v) is 8.87. The molecular weight excluding hydrogens is 324 g/mol. The van der Waals surface area contributed by atoms with Gasteiger partial charge in [-0.15, -0.1) is 0 Å². The van der Waals surface area contributed by atoms with Crippen LogP contribution in [0, 0.1) is 47.3 Å². The molecule has 2 fully saturated rings. The monoisotopic (exact) mass is 362 g/mol. The molecule has 0 heterocycles. The van der Waals surface area contributed by atoms with E-state index in [0.717, 1.165) is 35.5 Å². The summed E-state index contributed by atoms with van der Waals surface area (Å²) < 4.78 is 0. The summed E-state index contributed by atoms with van der Waals surface area (Å²) in [6.45, 7) is 18.9. The van der Waals surface area contributed by atoms with Crippen molar-refractivity contribution in [1.82, 2.24) is 0 Å². The molecule has 2 rings (SSSR count). The molecule has 0 N–H and O–H groups in total. The summed E-state index contributed by atoms with van der Waals surface area (Å²) in [4.78, 5) is 0. The molecule has 0 saturated heterocycles. The van der Waals surface area contributed by atoms with Crippen LogP contribution in [0.25, 0.3) is 0 Å². The third kappa shape index (κ3) is 7.72. The van der Waals surface area contributed by atoms with Crippen molar-refractivity contribution in [3.8, 4) is 0 Å². The predicted molar refractivity (Wildman–Crippen MR) is 97.4 cm³/mol. The van der Waals surface area contributed by atoms with Gasteiger partial charge < -0.3 is 6.42 Å². The van der Waals surface area contributed by atoms with Gasteiger partial charge in [0.05, 0.1) is 0 Å². The van der Waals surface area contributed by atoms with Crippen LogP contribution in [0.4, 0.5) is 0 Å². The van der Waals surface area contributed by atoms with Crippen molar-refractivity contribution in [2.75, 3.05) is 0 Å². The number of rotatable bonds is 1. The summed E-state index contributed by atoms with van der Waals surface area (Å²) in [5, 5.41) is 0. The topological polar surface area (TPSA) is 0 Å². The molecule has 0 spiro atoms. The minimum absolute atomic E-state index is 0.439. The van der Waals surface area contributed by atoms with E-state index in [1.807, 2.05) is 0 Å². The fourth-order valence-electron chi connectivity index (χ4n) is 4.23. The second kappa shape index (κ2) is 10.8. The minimum atomic E-state index is 0.439. The zero-order valence-electron chi connectivity index (χ0n) is 16.2. The molecule has 0 unspecified atom stereocenters. The van der Waals surface area contributed by atoms with Gasteiger partial charge in [0.25, 0.3) is 0 Å². The van der Waals surface area contributed by atoms with E-state index >= 15 is 0 Å². The van der Waals surface area contributed by atoms with Gasteiger partial charge in [0.15, 0.2) is 0 Å². The van der Waals surface area contributed by atoms with Gasteiger partial charge in [-0.05, 0) is 29.6 Å². The quantitative estimate of drug-likeness (QED) is 0.339. The Hall–Kier alpha value is 1.00. The van der Waals surface area contributed by atoms with E-state index in [9.17, 15) is 0 Å². The Bertz CT molecular complexity index is 233. The van der Waals surface area contributed by atoms with Gasteiger partial charge in [-0.2, -0.15) is 11.3 Å². The van der Waals surface area contributed by atoms with Gasteiger partial charge in [0.2, 0.25) is 0 Å². The molecule has 0 aliphatic heterocycles. The molecule has 22 heavy (non-hydrogen) atoms. The van der Waals surface area contributed by atoms with Crippen LogP contribution in [0.3, 0.4) is 0 Å². The number of halogens is 1. The number of hydrogen-bond acceptors (Lipinski definition) is 0. The molecule has 0 bridgehead atoms. The molecule has 0 radical (unpaired) electrons. The van der Waals surface area contributed by atoms with Crippen molar-refractivity contribution in [3.05, 3.63) is 6.42 Å². The Balaban J connectivity index is 0.000000360. The van der Waals surface area contributed by atoms with Crippen molar-refractivity contribution in [2.24, 2.45) is 40.9 Å². The Kier molecular flexibility index (Phi) is 11.3. The molecule has 0 nitrogen and oxygen atoms in total. The van der Waals surface area contributed by atoms with Gasteiger partial charge in [0.1, 0.15) is 0 Å². The molecule has 2 saturated carbocycles. The van der Waals surface area contributed by atoms with Crippen LogP contribution in [-0.2, 0) is 19.4 Å². The van der Waals surface area contributed by atoms with Crippen molar-refractivity contribution < 1.29 is 19.4 Å². The van der Waals surface area contributed by atoms with Crippen molar-refractivity contribution in [2.45, 2.75) is 81.1 Å². The van der Waals surface area contributed by atoms with Crippen molar-refractivity contribution in [3.63, 3.8) is 0 Å². The molecule has 0 amide bonds. The van der Waals surface area contributed by atoms with Crippen LogP contribution in [-0.4, -0.2) is 0 Å². The molecule has 128 valence electrons. The van der Waals surface area contributed by atoms with E-state index in [1.54, 1.807) is 0 Å². The van der Waals surface area contributed by atoms with Gasteiger partial charge >= 0.3 is 28.7 Å². The van der Waals surface area contributed by atoms with E-state index in [0.29, 0.717) is 5.41 Å². The zero-order valence-corrected chi connectivity index (χ0v) is 18.6. The second-order valence-electron chi connectivity index (χ2n) is 8.87. The van der Waals surface area contributed by atoms with E-state index in [-0.39, 0.29) is 0 Å². The third-order valence-corrected chi connectivity index (χ3v) is 6.28. The van der Waals surface area contributed by atoms with Crippen LogP contribution in [0.5, 0.6) is 0 Å². The van der Waals surface area contributed by atoms with E-state index in [1.165, 1.54) is 45.1 Å². The number of hydrogen-bond donors (Lipinski definition) is 0. The first kappa shape index (κ1) is 23.0. The summed E-state index contributed by atoms with van der Waals surface area (Å²) in [7, 11) is 4.64. The summed E-state index contributed by atoms with van der Waals surface area (Å²) in [6, 6.07) is 0. The predicted octanol–water partition coefficient (Wildman–Crippen LogP) is 7.29. The van der Waals surface area contributed by atoms with Crippen LogP contribution < -0.4 is 0 Å².